The van der Waals surface area contributed by atoms with Crippen LogP contribution in [0.15, 0.2) is 54.7 Å². The topological polar surface area (TPSA) is 70.7 Å². The number of aryl methyl sites for hydroxylation is 1. The van der Waals surface area contributed by atoms with Gasteiger partial charge < -0.3 is 24.3 Å². The van der Waals surface area contributed by atoms with Gasteiger partial charge in [-0.3, -0.25) is 4.79 Å². The first-order valence-corrected chi connectivity index (χ1v) is 12.7. The summed E-state index contributed by atoms with van der Waals surface area (Å²) in [6.45, 7) is 3.95. The van der Waals surface area contributed by atoms with Crippen LogP contribution >= 0.6 is 0 Å². The molecule has 2 aromatic heterocycles. The summed E-state index contributed by atoms with van der Waals surface area (Å²) in [4.78, 5) is 24.5. The van der Waals surface area contributed by atoms with Crippen molar-refractivity contribution >= 4 is 22.6 Å². The number of aromatic nitrogens is 2. The Kier molecular flexibility index (Phi) is 7.12. The van der Waals surface area contributed by atoms with Crippen molar-refractivity contribution in [3.63, 3.8) is 0 Å². The molecular weight excluding hydrogens is 509 g/mol. The van der Waals surface area contributed by atoms with Crippen LogP contribution in [0.25, 0.3) is 22.2 Å². The zero-order valence-corrected chi connectivity index (χ0v) is 21.9. The Morgan fingerprint density at radius 3 is 2.33 bits per heavy atom. The third-order valence-corrected chi connectivity index (χ3v) is 7.14. The summed E-state index contributed by atoms with van der Waals surface area (Å²) in [5.41, 5.74) is 3.78. The molecule has 0 bridgehead atoms. The van der Waals surface area contributed by atoms with E-state index in [-0.39, 0.29) is 5.91 Å². The number of aromatic amines is 1. The standard InChI is InChI=1S/C29H29F3N4O3/c1-4-21-22-15-19(5-8-23(22)34-27(21)18-6-9-24(38-2)25(16-18)39-3)28(37)36-13-11-35(12-14-36)26-10-7-20(17-33-26)29(30,31)32/h5-10,15-17,34H,4,11-14H2,1-3H3. The van der Waals surface area contributed by atoms with Gasteiger partial charge in [-0.2, -0.15) is 13.2 Å². The minimum absolute atomic E-state index is 0.0761. The second kappa shape index (κ2) is 10.5. The number of fused-ring (bicyclic) bond motifs is 1. The van der Waals surface area contributed by atoms with Crippen molar-refractivity contribution in [1.29, 1.82) is 0 Å². The highest BCUT2D eigenvalue weighted by Gasteiger charge is 2.31. The number of benzene rings is 2. The molecule has 0 aliphatic carbocycles. The number of amides is 1. The number of piperazine rings is 1. The molecule has 2 aromatic carbocycles. The number of rotatable bonds is 6. The van der Waals surface area contributed by atoms with Crippen LogP contribution in [-0.4, -0.2) is 61.2 Å². The van der Waals surface area contributed by atoms with Crippen LogP contribution in [0, 0.1) is 0 Å². The van der Waals surface area contributed by atoms with Gasteiger partial charge in [0.1, 0.15) is 5.82 Å². The highest BCUT2D eigenvalue weighted by molar-refractivity contribution is 6.00. The Hall–Kier alpha value is -4.21. The molecule has 1 aliphatic heterocycles. The van der Waals surface area contributed by atoms with Crippen molar-refractivity contribution in [2.45, 2.75) is 19.5 Å². The summed E-state index contributed by atoms with van der Waals surface area (Å²) in [6.07, 6.45) is -2.81. The fraction of sp³-hybridized carbons (Fsp3) is 0.310. The summed E-state index contributed by atoms with van der Waals surface area (Å²) >= 11 is 0. The lowest BCUT2D eigenvalue weighted by Crippen LogP contribution is -2.49. The van der Waals surface area contributed by atoms with Gasteiger partial charge in [0.05, 0.1) is 19.8 Å². The molecule has 0 spiro atoms. The van der Waals surface area contributed by atoms with Crippen LogP contribution in [0.4, 0.5) is 19.0 Å². The van der Waals surface area contributed by atoms with E-state index in [0.29, 0.717) is 49.1 Å². The lowest BCUT2D eigenvalue weighted by atomic mass is 10.0. The fourth-order valence-electron chi connectivity index (χ4n) is 5.05. The first-order chi connectivity index (χ1) is 18.7. The van der Waals surface area contributed by atoms with Crippen LogP contribution < -0.4 is 14.4 Å². The van der Waals surface area contributed by atoms with E-state index in [1.807, 2.05) is 41.3 Å². The van der Waals surface area contributed by atoms with Crippen LogP contribution in [0.1, 0.15) is 28.4 Å². The number of ether oxygens (including phenoxy) is 2. The maximum absolute atomic E-state index is 13.4. The maximum Gasteiger partial charge on any atom is 0.417 e. The molecule has 39 heavy (non-hydrogen) atoms. The molecule has 10 heteroatoms. The summed E-state index contributed by atoms with van der Waals surface area (Å²) < 4.78 is 49.4. The number of H-pyrrole nitrogens is 1. The van der Waals surface area contributed by atoms with Crippen LogP contribution in [0.3, 0.4) is 0 Å². The predicted octanol–water partition coefficient (Wildman–Crippen LogP) is 5.79. The molecule has 0 saturated carbocycles. The van der Waals surface area contributed by atoms with Crippen molar-refractivity contribution in [1.82, 2.24) is 14.9 Å². The van der Waals surface area contributed by atoms with Crippen molar-refractivity contribution in [3.8, 4) is 22.8 Å². The van der Waals surface area contributed by atoms with Crippen molar-refractivity contribution in [2.75, 3.05) is 45.3 Å². The SMILES string of the molecule is CCc1c(-c2ccc(OC)c(OC)c2)[nH]c2ccc(C(=O)N3CCN(c4ccc(C(F)(F)F)cn4)CC3)cc12. The number of methoxy groups -OCH3 is 2. The summed E-state index contributed by atoms with van der Waals surface area (Å²) in [6, 6.07) is 13.9. The smallest absolute Gasteiger partial charge is 0.417 e. The fourth-order valence-corrected chi connectivity index (χ4v) is 5.05. The zero-order chi connectivity index (χ0) is 27.7. The molecule has 1 aliphatic rings. The van der Waals surface area contributed by atoms with E-state index < -0.39 is 11.7 Å². The van der Waals surface area contributed by atoms with Crippen LogP contribution in [0.2, 0.25) is 0 Å². The average molecular weight is 539 g/mol. The number of pyridine rings is 1. The van der Waals surface area contributed by atoms with Crippen LogP contribution in [0.5, 0.6) is 11.5 Å². The van der Waals surface area contributed by atoms with E-state index in [1.54, 1.807) is 19.1 Å². The van der Waals surface area contributed by atoms with E-state index in [0.717, 1.165) is 46.4 Å². The molecular formula is C29H29F3N4O3. The quantitative estimate of drug-likeness (QED) is 0.337. The zero-order valence-electron chi connectivity index (χ0n) is 21.9. The predicted molar refractivity (Wildman–Crippen MR) is 144 cm³/mol. The minimum Gasteiger partial charge on any atom is -0.493 e. The van der Waals surface area contributed by atoms with Gasteiger partial charge in [-0.25, -0.2) is 4.98 Å². The summed E-state index contributed by atoms with van der Waals surface area (Å²) in [5.74, 6) is 1.68. The molecule has 5 rings (SSSR count). The Labute approximate surface area is 224 Å². The lowest BCUT2D eigenvalue weighted by Gasteiger charge is -2.35. The molecule has 1 amide bonds. The molecule has 7 nitrogen and oxygen atoms in total. The highest BCUT2D eigenvalue weighted by atomic mass is 19.4. The number of carbonyl (C=O) groups excluding carboxylic acids is 1. The van der Waals surface area contributed by atoms with Gasteiger partial charge in [-0.05, 0) is 60.5 Å². The molecule has 0 unspecified atom stereocenters. The molecule has 1 saturated heterocycles. The van der Waals surface area contributed by atoms with E-state index >= 15 is 0 Å². The first kappa shape index (κ1) is 26.4. The molecule has 1 N–H and O–H groups in total. The third kappa shape index (κ3) is 5.10. The van der Waals surface area contributed by atoms with E-state index in [4.69, 9.17) is 9.47 Å². The lowest BCUT2D eigenvalue weighted by molar-refractivity contribution is -0.137. The van der Waals surface area contributed by atoms with Gasteiger partial charge in [-0.1, -0.05) is 6.92 Å². The number of halogens is 3. The van der Waals surface area contributed by atoms with Gasteiger partial charge in [0, 0.05) is 60.1 Å². The number of carbonyl (C=O) groups is 1. The number of anilines is 1. The minimum atomic E-state index is -4.42. The van der Waals surface area contributed by atoms with Gasteiger partial charge in [0.2, 0.25) is 0 Å². The van der Waals surface area contributed by atoms with Gasteiger partial charge in [-0.15, -0.1) is 0 Å². The Balaban J connectivity index is 1.34. The van der Waals surface area contributed by atoms with E-state index in [2.05, 4.69) is 16.9 Å². The Morgan fingerprint density at radius 2 is 1.72 bits per heavy atom. The number of hydrogen-bond donors (Lipinski definition) is 1. The average Bonchev–Trinajstić information content (AvgIpc) is 3.34. The van der Waals surface area contributed by atoms with Crippen molar-refractivity contribution in [2.24, 2.45) is 0 Å². The second-order valence-corrected chi connectivity index (χ2v) is 9.34. The molecule has 204 valence electrons. The number of hydrogen-bond acceptors (Lipinski definition) is 5. The molecule has 4 aromatic rings. The van der Waals surface area contributed by atoms with Crippen molar-refractivity contribution < 1.29 is 27.4 Å². The summed E-state index contributed by atoms with van der Waals surface area (Å²) in [5, 5.41) is 0.987. The molecule has 1 fully saturated rings. The van der Waals surface area contributed by atoms with Crippen molar-refractivity contribution in [3.05, 3.63) is 71.4 Å². The third-order valence-electron chi connectivity index (χ3n) is 7.14. The molecule has 3 heterocycles. The molecule has 0 atom stereocenters. The Bertz CT molecular complexity index is 1490. The maximum atomic E-state index is 13.4. The first-order valence-electron chi connectivity index (χ1n) is 12.7. The van der Waals surface area contributed by atoms with Gasteiger partial charge in [0.25, 0.3) is 5.91 Å². The van der Waals surface area contributed by atoms with E-state index in [1.165, 1.54) is 6.07 Å². The number of nitrogens with zero attached hydrogens (tertiary/aromatic N) is 3. The number of alkyl halides is 3. The molecule has 0 radical (unpaired) electrons. The largest absolute Gasteiger partial charge is 0.493 e. The second-order valence-electron chi connectivity index (χ2n) is 9.34. The van der Waals surface area contributed by atoms with Gasteiger partial charge >= 0.3 is 6.18 Å². The Morgan fingerprint density at radius 1 is 0.974 bits per heavy atom. The van der Waals surface area contributed by atoms with Gasteiger partial charge in [0.15, 0.2) is 11.5 Å². The van der Waals surface area contributed by atoms with Crippen LogP contribution in [-0.2, 0) is 12.6 Å². The van der Waals surface area contributed by atoms with E-state index in [9.17, 15) is 18.0 Å². The number of nitrogens with one attached hydrogen (secondary N) is 1. The summed E-state index contributed by atoms with van der Waals surface area (Å²) in [7, 11) is 3.20. The monoisotopic (exact) mass is 538 g/mol. The normalized spacial score (nSPS) is 14.1. The highest BCUT2D eigenvalue weighted by Crippen LogP contribution is 2.36.